The molecule has 4 saturated carbocycles. The molecule has 190 valence electrons. The summed E-state index contributed by atoms with van der Waals surface area (Å²) in [6.45, 7) is 6.69. The van der Waals surface area contributed by atoms with Crippen molar-refractivity contribution in [3.63, 3.8) is 0 Å². The SMILES string of the molecule is CC[C@]12CC[C@H]3[C@@H](CC[C@@H]4C[C@](C)(O)CC[C@@H]43)[C@@H]1CCC[C@@H]2[C@H](C)NC(=O)c1ccc(C#N)cc1. The minimum Gasteiger partial charge on any atom is -0.390 e. The Kier molecular flexibility index (Phi) is 6.77. The number of aliphatic hydroxyl groups is 1. The first kappa shape index (κ1) is 24.8. The van der Waals surface area contributed by atoms with Crippen molar-refractivity contribution in [1.29, 1.82) is 5.26 Å². The Morgan fingerprint density at radius 2 is 1.83 bits per heavy atom. The van der Waals surface area contributed by atoms with Crippen LogP contribution in [0.5, 0.6) is 0 Å². The lowest BCUT2D eigenvalue weighted by Crippen LogP contribution is -2.57. The van der Waals surface area contributed by atoms with Crippen LogP contribution in [0.4, 0.5) is 0 Å². The van der Waals surface area contributed by atoms with Crippen LogP contribution in [0.3, 0.4) is 0 Å². The van der Waals surface area contributed by atoms with Gasteiger partial charge in [-0.05, 0) is 143 Å². The molecule has 0 unspecified atom stereocenters. The third-order valence-electron chi connectivity index (χ3n) is 11.2. The van der Waals surface area contributed by atoms with E-state index in [0.29, 0.717) is 22.5 Å². The van der Waals surface area contributed by atoms with Gasteiger partial charge in [0.2, 0.25) is 0 Å². The molecule has 5 rings (SSSR count). The van der Waals surface area contributed by atoms with Crippen molar-refractivity contribution in [2.75, 3.05) is 0 Å². The first-order valence-corrected chi connectivity index (χ1v) is 14.3. The van der Waals surface area contributed by atoms with Crippen molar-refractivity contribution >= 4 is 5.91 Å². The summed E-state index contributed by atoms with van der Waals surface area (Å²) < 4.78 is 0. The maximum absolute atomic E-state index is 13.1. The molecule has 0 saturated heterocycles. The van der Waals surface area contributed by atoms with Crippen LogP contribution in [0.1, 0.15) is 107 Å². The van der Waals surface area contributed by atoms with Gasteiger partial charge in [0.05, 0.1) is 17.2 Å². The molecular formula is C31H44N2O2. The molecule has 4 aliphatic carbocycles. The summed E-state index contributed by atoms with van der Waals surface area (Å²) in [5, 5.41) is 23.1. The van der Waals surface area contributed by atoms with Gasteiger partial charge in [0.25, 0.3) is 5.91 Å². The summed E-state index contributed by atoms with van der Waals surface area (Å²) in [4.78, 5) is 13.1. The number of nitrogens with one attached hydrogen (secondary N) is 1. The highest BCUT2D eigenvalue weighted by atomic mass is 16.3. The molecule has 1 aromatic rings. The van der Waals surface area contributed by atoms with Gasteiger partial charge in [0.15, 0.2) is 0 Å². The van der Waals surface area contributed by atoms with Crippen LogP contribution in [0.2, 0.25) is 0 Å². The normalized spacial score (nSPS) is 41.5. The molecule has 35 heavy (non-hydrogen) atoms. The monoisotopic (exact) mass is 476 g/mol. The van der Waals surface area contributed by atoms with E-state index in [4.69, 9.17) is 5.26 Å². The van der Waals surface area contributed by atoms with E-state index in [1.165, 1.54) is 57.8 Å². The number of nitriles is 1. The van der Waals surface area contributed by atoms with Crippen LogP contribution in [0.15, 0.2) is 24.3 Å². The topological polar surface area (TPSA) is 73.1 Å². The highest BCUT2D eigenvalue weighted by Crippen LogP contribution is 2.64. The largest absolute Gasteiger partial charge is 0.390 e. The van der Waals surface area contributed by atoms with E-state index in [2.05, 4.69) is 32.2 Å². The Labute approximate surface area is 211 Å². The molecule has 4 aliphatic rings. The van der Waals surface area contributed by atoms with Gasteiger partial charge in [-0.2, -0.15) is 5.26 Å². The Morgan fingerprint density at radius 1 is 1.09 bits per heavy atom. The van der Waals surface area contributed by atoms with Crippen molar-refractivity contribution < 1.29 is 9.90 Å². The van der Waals surface area contributed by atoms with Gasteiger partial charge < -0.3 is 10.4 Å². The zero-order chi connectivity index (χ0) is 24.8. The maximum Gasteiger partial charge on any atom is 0.251 e. The third-order valence-corrected chi connectivity index (χ3v) is 11.2. The lowest BCUT2D eigenvalue weighted by atomic mass is 9.43. The predicted octanol–water partition coefficient (Wildman–Crippen LogP) is 6.48. The maximum atomic E-state index is 13.1. The summed E-state index contributed by atoms with van der Waals surface area (Å²) in [6, 6.07) is 9.27. The summed E-state index contributed by atoms with van der Waals surface area (Å²) >= 11 is 0. The number of hydrogen-bond donors (Lipinski definition) is 2. The average Bonchev–Trinajstić information content (AvgIpc) is 2.86. The highest BCUT2D eigenvalue weighted by molar-refractivity contribution is 5.94. The molecule has 2 N–H and O–H groups in total. The summed E-state index contributed by atoms with van der Waals surface area (Å²) in [5.74, 6) is 4.51. The number of carbonyl (C=O) groups is 1. The van der Waals surface area contributed by atoms with Crippen LogP contribution in [-0.2, 0) is 0 Å². The van der Waals surface area contributed by atoms with Crippen LogP contribution in [0, 0.1) is 52.3 Å². The molecule has 0 radical (unpaired) electrons. The first-order valence-electron chi connectivity index (χ1n) is 14.3. The van der Waals surface area contributed by atoms with E-state index < -0.39 is 5.60 Å². The Morgan fingerprint density at radius 3 is 2.54 bits per heavy atom. The Bertz CT molecular complexity index is 963. The summed E-state index contributed by atoms with van der Waals surface area (Å²) in [5.41, 5.74) is 1.12. The van der Waals surface area contributed by atoms with Crippen molar-refractivity contribution in [1.82, 2.24) is 5.32 Å². The number of rotatable bonds is 4. The Hall–Kier alpha value is -1.86. The molecule has 0 bridgehead atoms. The fraction of sp³-hybridized carbons (Fsp3) is 0.742. The van der Waals surface area contributed by atoms with Crippen LogP contribution >= 0.6 is 0 Å². The van der Waals surface area contributed by atoms with Crippen molar-refractivity contribution in [2.24, 2.45) is 40.9 Å². The second-order valence-electron chi connectivity index (χ2n) is 12.8. The zero-order valence-corrected chi connectivity index (χ0v) is 21.9. The van der Waals surface area contributed by atoms with E-state index in [0.717, 1.165) is 42.4 Å². The smallest absolute Gasteiger partial charge is 0.251 e. The van der Waals surface area contributed by atoms with Crippen LogP contribution < -0.4 is 5.32 Å². The summed E-state index contributed by atoms with van der Waals surface area (Å²) in [6.07, 6.45) is 13.5. The van der Waals surface area contributed by atoms with E-state index in [1.54, 1.807) is 24.3 Å². The van der Waals surface area contributed by atoms with Gasteiger partial charge >= 0.3 is 0 Å². The van der Waals surface area contributed by atoms with Gasteiger partial charge in [-0.1, -0.05) is 13.3 Å². The number of amides is 1. The number of fused-ring (bicyclic) bond motifs is 5. The first-order chi connectivity index (χ1) is 16.8. The zero-order valence-electron chi connectivity index (χ0n) is 21.9. The average molecular weight is 477 g/mol. The molecule has 0 aliphatic heterocycles. The molecule has 9 atom stereocenters. The van der Waals surface area contributed by atoms with E-state index in [9.17, 15) is 9.90 Å². The quantitative estimate of drug-likeness (QED) is 0.522. The standard InChI is InChI=1S/C31H44N2O2/c1-4-31-17-15-25-24-14-16-30(3,35)18-23(24)12-13-26(25)28(31)7-5-6-27(31)20(2)33-29(34)22-10-8-21(19-32)9-11-22/h8-11,20,23-28,35H,4-7,12-18H2,1-3H3,(H,33,34)/t20-,23+,24-,25+,26+,27+,28-,30+,31+/m0/s1. The number of benzene rings is 1. The van der Waals surface area contributed by atoms with Crippen molar-refractivity contribution in [2.45, 2.75) is 103 Å². The third kappa shape index (κ3) is 4.43. The fourth-order valence-corrected chi connectivity index (χ4v) is 9.67. The Balaban J connectivity index is 1.32. The van der Waals surface area contributed by atoms with Crippen molar-refractivity contribution in [3.05, 3.63) is 35.4 Å². The second-order valence-corrected chi connectivity index (χ2v) is 12.8. The molecule has 1 amide bonds. The summed E-state index contributed by atoms with van der Waals surface area (Å²) in [7, 11) is 0. The van der Waals surface area contributed by atoms with Crippen LogP contribution in [-0.4, -0.2) is 22.7 Å². The number of hydrogen-bond acceptors (Lipinski definition) is 3. The van der Waals surface area contributed by atoms with Crippen molar-refractivity contribution in [3.8, 4) is 6.07 Å². The predicted molar refractivity (Wildman–Crippen MR) is 139 cm³/mol. The molecule has 4 nitrogen and oxygen atoms in total. The van der Waals surface area contributed by atoms with Crippen LogP contribution in [0.25, 0.3) is 0 Å². The van der Waals surface area contributed by atoms with E-state index in [-0.39, 0.29) is 11.9 Å². The lowest BCUT2D eigenvalue weighted by Gasteiger charge is -2.62. The number of nitrogens with zero attached hydrogens (tertiary/aromatic N) is 1. The molecule has 0 heterocycles. The molecular weight excluding hydrogens is 432 g/mol. The molecule has 4 fully saturated rings. The fourth-order valence-electron chi connectivity index (χ4n) is 9.67. The molecule has 0 aromatic heterocycles. The molecule has 4 heteroatoms. The van der Waals surface area contributed by atoms with Gasteiger partial charge in [0, 0.05) is 11.6 Å². The highest BCUT2D eigenvalue weighted by Gasteiger charge is 2.58. The van der Waals surface area contributed by atoms with Gasteiger partial charge in [-0.15, -0.1) is 0 Å². The second kappa shape index (κ2) is 9.55. The molecule has 1 aromatic carbocycles. The lowest BCUT2D eigenvalue weighted by molar-refractivity contribution is -0.138. The minimum atomic E-state index is -0.450. The van der Waals surface area contributed by atoms with Gasteiger partial charge in [0.1, 0.15) is 0 Å². The van der Waals surface area contributed by atoms with Gasteiger partial charge in [-0.25, -0.2) is 0 Å². The van der Waals surface area contributed by atoms with E-state index in [1.807, 2.05) is 0 Å². The minimum absolute atomic E-state index is 0.0150. The van der Waals surface area contributed by atoms with Gasteiger partial charge in [-0.3, -0.25) is 4.79 Å². The van der Waals surface area contributed by atoms with E-state index >= 15 is 0 Å². The molecule has 0 spiro atoms. The number of carbonyl (C=O) groups excluding carboxylic acids is 1.